The summed E-state index contributed by atoms with van der Waals surface area (Å²) in [6.45, 7) is 1.53. The number of benzene rings is 2. The highest BCUT2D eigenvalue weighted by molar-refractivity contribution is 6.00. The Morgan fingerprint density at radius 1 is 1.00 bits per heavy atom. The van der Waals surface area contributed by atoms with Crippen LogP contribution in [0.4, 0.5) is 0 Å². The number of pyridine rings is 1. The van der Waals surface area contributed by atoms with Crippen LogP contribution < -0.4 is 0 Å². The van der Waals surface area contributed by atoms with Crippen LogP contribution in [0.25, 0.3) is 10.9 Å². The fraction of sp³-hybridized carbons (Fsp3) is 0.111. The third-order valence-corrected chi connectivity index (χ3v) is 4.03. The average Bonchev–Trinajstić information content (AvgIpc) is 2.85. The zero-order valence-corrected chi connectivity index (χ0v) is 11.6. The number of amidine groups is 1. The third-order valence-electron chi connectivity index (χ3n) is 4.03. The normalized spacial score (nSPS) is 13.7. The maximum Gasteiger partial charge on any atom is 0.129 e. The molecule has 1 aliphatic heterocycles. The first-order valence-electron chi connectivity index (χ1n) is 7.07. The van der Waals surface area contributed by atoms with Crippen LogP contribution in [-0.4, -0.2) is 15.7 Å². The van der Waals surface area contributed by atoms with Crippen molar-refractivity contribution in [2.24, 2.45) is 0 Å². The van der Waals surface area contributed by atoms with Crippen LogP contribution in [0.1, 0.15) is 16.7 Å². The van der Waals surface area contributed by atoms with Crippen molar-refractivity contribution >= 4 is 16.7 Å². The number of nitrogens with one attached hydrogen (secondary N) is 1. The molecule has 0 aliphatic carbocycles. The third kappa shape index (κ3) is 1.98. The monoisotopic (exact) mass is 273 g/mol. The average molecular weight is 273 g/mol. The Bertz CT molecular complexity index is 833. The van der Waals surface area contributed by atoms with Crippen LogP contribution in [-0.2, 0) is 13.1 Å². The summed E-state index contributed by atoms with van der Waals surface area (Å²) >= 11 is 0. The minimum Gasteiger partial charge on any atom is -0.348 e. The van der Waals surface area contributed by atoms with Crippen molar-refractivity contribution in [1.82, 2.24) is 9.88 Å². The molecule has 0 bridgehead atoms. The molecular formula is C18H15N3. The van der Waals surface area contributed by atoms with Crippen molar-refractivity contribution in [3.8, 4) is 0 Å². The van der Waals surface area contributed by atoms with E-state index in [2.05, 4.69) is 40.2 Å². The molecule has 21 heavy (non-hydrogen) atoms. The lowest BCUT2D eigenvalue weighted by Gasteiger charge is -2.18. The predicted molar refractivity (Wildman–Crippen MR) is 84.3 cm³/mol. The van der Waals surface area contributed by atoms with E-state index in [9.17, 15) is 0 Å². The number of nitrogens with zero attached hydrogens (tertiary/aromatic N) is 2. The molecule has 3 nitrogen and oxygen atoms in total. The van der Waals surface area contributed by atoms with Crippen LogP contribution in [0.15, 0.2) is 60.8 Å². The van der Waals surface area contributed by atoms with Gasteiger partial charge in [-0.2, -0.15) is 0 Å². The Morgan fingerprint density at radius 2 is 1.86 bits per heavy atom. The quantitative estimate of drug-likeness (QED) is 0.775. The molecule has 3 aromatic rings. The van der Waals surface area contributed by atoms with E-state index in [1.54, 1.807) is 0 Å². The molecule has 1 N–H and O–H groups in total. The van der Waals surface area contributed by atoms with Gasteiger partial charge in [0, 0.05) is 30.2 Å². The Balaban J connectivity index is 1.70. The van der Waals surface area contributed by atoms with E-state index in [0.29, 0.717) is 5.84 Å². The van der Waals surface area contributed by atoms with E-state index >= 15 is 0 Å². The fourth-order valence-corrected chi connectivity index (χ4v) is 2.98. The summed E-state index contributed by atoms with van der Waals surface area (Å²) in [5.74, 6) is 0.610. The number of hydrogen-bond acceptors (Lipinski definition) is 2. The minimum atomic E-state index is 0.610. The summed E-state index contributed by atoms with van der Waals surface area (Å²) in [6, 6.07) is 18.4. The maximum absolute atomic E-state index is 8.35. The largest absolute Gasteiger partial charge is 0.348 e. The topological polar surface area (TPSA) is 40.0 Å². The molecule has 0 atom stereocenters. The summed E-state index contributed by atoms with van der Waals surface area (Å²) in [5.41, 5.74) is 4.48. The minimum absolute atomic E-state index is 0.610. The molecule has 2 heterocycles. The molecule has 4 rings (SSSR count). The summed E-state index contributed by atoms with van der Waals surface area (Å²) in [6.07, 6.45) is 1.83. The standard InChI is InChI=1S/C18H15N3/c19-18-16-9-2-1-5-14(16)11-21(18)12-15-7-3-6-13-8-4-10-20-17(13)15/h1-10,19H,11-12H2. The zero-order valence-electron chi connectivity index (χ0n) is 11.6. The summed E-state index contributed by atoms with van der Waals surface area (Å²) in [7, 11) is 0. The molecule has 1 aromatic heterocycles. The summed E-state index contributed by atoms with van der Waals surface area (Å²) in [5, 5.41) is 9.50. The molecule has 0 unspecified atom stereocenters. The first kappa shape index (κ1) is 12.1. The maximum atomic E-state index is 8.35. The van der Waals surface area contributed by atoms with Crippen LogP contribution in [0.3, 0.4) is 0 Å². The second-order valence-corrected chi connectivity index (χ2v) is 5.35. The van der Waals surface area contributed by atoms with Gasteiger partial charge in [-0.1, -0.05) is 48.5 Å². The van der Waals surface area contributed by atoms with Crippen molar-refractivity contribution < 1.29 is 0 Å². The van der Waals surface area contributed by atoms with Crippen LogP contribution in [0, 0.1) is 5.41 Å². The number of hydrogen-bond donors (Lipinski definition) is 1. The Morgan fingerprint density at radius 3 is 2.76 bits per heavy atom. The summed E-state index contributed by atoms with van der Waals surface area (Å²) < 4.78 is 0. The highest BCUT2D eigenvalue weighted by atomic mass is 15.2. The van der Waals surface area contributed by atoms with Gasteiger partial charge < -0.3 is 4.90 Å². The van der Waals surface area contributed by atoms with Gasteiger partial charge in [0.25, 0.3) is 0 Å². The van der Waals surface area contributed by atoms with Gasteiger partial charge >= 0.3 is 0 Å². The fourth-order valence-electron chi connectivity index (χ4n) is 2.98. The smallest absolute Gasteiger partial charge is 0.129 e. The second-order valence-electron chi connectivity index (χ2n) is 5.35. The second kappa shape index (κ2) is 4.70. The van der Waals surface area contributed by atoms with E-state index in [1.165, 1.54) is 11.1 Å². The zero-order chi connectivity index (χ0) is 14.2. The van der Waals surface area contributed by atoms with Crippen molar-refractivity contribution in [1.29, 1.82) is 5.41 Å². The predicted octanol–water partition coefficient (Wildman–Crippen LogP) is 3.58. The lowest BCUT2D eigenvalue weighted by Crippen LogP contribution is -2.23. The van der Waals surface area contributed by atoms with E-state index in [0.717, 1.165) is 29.6 Å². The van der Waals surface area contributed by atoms with Crippen LogP contribution in [0.2, 0.25) is 0 Å². The van der Waals surface area contributed by atoms with E-state index in [4.69, 9.17) is 5.41 Å². The van der Waals surface area contributed by atoms with Gasteiger partial charge in [0.2, 0.25) is 0 Å². The molecular weight excluding hydrogens is 258 g/mol. The number of rotatable bonds is 2. The Labute approximate surface area is 123 Å². The first-order valence-corrected chi connectivity index (χ1v) is 7.07. The van der Waals surface area contributed by atoms with E-state index < -0.39 is 0 Å². The molecule has 2 aromatic carbocycles. The molecule has 102 valence electrons. The number of aromatic nitrogens is 1. The van der Waals surface area contributed by atoms with Crippen molar-refractivity contribution in [2.45, 2.75) is 13.1 Å². The molecule has 0 amide bonds. The van der Waals surface area contributed by atoms with Gasteiger partial charge in [0.1, 0.15) is 5.84 Å². The molecule has 0 saturated heterocycles. The highest BCUT2D eigenvalue weighted by Gasteiger charge is 2.23. The first-order chi connectivity index (χ1) is 10.3. The molecule has 3 heteroatoms. The van der Waals surface area contributed by atoms with Crippen molar-refractivity contribution in [3.63, 3.8) is 0 Å². The highest BCUT2D eigenvalue weighted by Crippen LogP contribution is 2.25. The van der Waals surface area contributed by atoms with E-state index in [-0.39, 0.29) is 0 Å². The van der Waals surface area contributed by atoms with Gasteiger partial charge in [-0.3, -0.25) is 10.4 Å². The number of para-hydroxylation sites is 1. The van der Waals surface area contributed by atoms with Gasteiger partial charge in [-0.05, 0) is 17.2 Å². The van der Waals surface area contributed by atoms with Crippen molar-refractivity contribution in [3.05, 3.63) is 77.5 Å². The molecule has 0 fully saturated rings. The lowest BCUT2D eigenvalue weighted by atomic mass is 10.1. The van der Waals surface area contributed by atoms with Gasteiger partial charge in [-0.25, -0.2) is 0 Å². The lowest BCUT2D eigenvalue weighted by molar-refractivity contribution is 0.423. The van der Waals surface area contributed by atoms with Crippen molar-refractivity contribution in [2.75, 3.05) is 0 Å². The van der Waals surface area contributed by atoms with E-state index in [1.807, 2.05) is 30.5 Å². The van der Waals surface area contributed by atoms with Gasteiger partial charge in [0.05, 0.1) is 5.52 Å². The molecule has 0 saturated carbocycles. The van der Waals surface area contributed by atoms with Crippen LogP contribution in [0.5, 0.6) is 0 Å². The molecule has 0 spiro atoms. The van der Waals surface area contributed by atoms with Crippen LogP contribution >= 0.6 is 0 Å². The Hall–Kier alpha value is -2.68. The summed E-state index contributed by atoms with van der Waals surface area (Å²) in [4.78, 5) is 6.61. The van der Waals surface area contributed by atoms with Gasteiger partial charge in [0.15, 0.2) is 0 Å². The SMILES string of the molecule is N=C1c2ccccc2CN1Cc1cccc2cccnc12. The molecule has 0 radical (unpaired) electrons. The Kier molecular flexibility index (Phi) is 2.71. The molecule has 1 aliphatic rings. The van der Waals surface area contributed by atoms with Gasteiger partial charge in [-0.15, -0.1) is 0 Å². The number of fused-ring (bicyclic) bond motifs is 2.